The lowest BCUT2D eigenvalue weighted by atomic mass is 10.1. The molecule has 0 amide bonds. The van der Waals surface area contributed by atoms with Gasteiger partial charge in [0.15, 0.2) is 0 Å². The predicted molar refractivity (Wildman–Crippen MR) is 68.1 cm³/mol. The van der Waals surface area contributed by atoms with Crippen molar-refractivity contribution in [3.63, 3.8) is 0 Å². The summed E-state index contributed by atoms with van der Waals surface area (Å²) in [6, 6.07) is 0. The molecule has 0 aliphatic heterocycles. The Morgan fingerprint density at radius 2 is 1.63 bits per heavy atom. The van der Waals surface area contributed by atoms with Crippen molar-refractivity contribution in [3.05, 3.63) is 22.8 Å². The maximum Gasteiger partial charge on any atom is 0.396 e. The number of hydrogen-bond acceptors (Lipinski definition) is 3. The molecule has 0 saturated heterocycles. The van der Waals surface area contributed by atoms with E-state index in [4.69, 9.17) is 0 Å². The molecule has 19 heavy (non-hydrogen) atoms. The fourth-order valence-electron chi connectivity index (χ4n) is 1.94. The molecule has 6 heteroatoms. The van der Waals surface area contributed by atoms with Gasteiger partial charge in [0.1, 0.15) is 12.2 Å². The molecule has 0 aliphatic carbocycles. The molecule has 1 heterocycles. The lowest BCUT2D eigenvalue weighted by Gasteiger charge is -2.12. The van der Waals surface area contributed by atoms with E-state index in [2.05, 4.69) is 22.2 Å². The van der Waals surface area contributed by atoms with E-state index >= 15 is 0 Å². The molecule has 0 aliphatic rings. The van der Waals surface area contributed by atoms with Crippen LogP contribution in [-0.2, 0) is 12.8 Å². The van der Waals surface area contributed by atoms with Crippen LogP contribution in [0.4, 0.5) is 13.2 Å². The summed E-state index contributed by atoms with van der Waals surface area (Å²) in [5.41, 5.74) is 2.23. The Kier molecular flexibility index (Phi) is 5.72. The normalized spacial score (nSPS) is 11.9. The molecule has 0 atom stereocenters. The van der Waals surface area contributed by atoms with Gasteiger partial charge in [-0.25, -0.2) is 9.97 Å². The number of alkyl halides is 3. The first-order chi connectivity index (χ1) is 8.83. The third kappa shape index (κ3) is 5.55. The van der Waals surface area contributed by atoms with E-state index in [1.54, 1.807) is 13.8 Å². The van der Waals surface area contributed by atoms with Crippen LogP contribution in [0.1, 0.15) is 36.1 Å². The van der Waals surface area contributed by atoms with Crippen LogP contribution in [-0.4, -0.2) is 29.2 Å². The second-order valence-corrected chi connectivity index (χ2v) is 4.58. The van der Waals surface area contributed by atoms with Crippen LogP contribution >= 0.6 is 0 Å². The quantitative estimate of drug-likeness (QED) is 0.811. The summed E-state index contributed by atoms with van der Waals surface area (Å²) < 4.78 is 36.9. The summed E-state index contributed by atoms with van der Waals surface area (Å²) >= 11 is 0. The lowest BCUT2D eigenvalue weighted by Crippen LogP contribution is -2.20. The summed E-state index contributed by atoms with van der Waals surface area (Å²) in [4.78, 5) is 7.92. The van der Waals surface area contributed by atoms with Crippen LogP contribution in [0.3, 0.4) is 0 Å². The largest absolute Gasteiger partial charge is 0.396 e. The topological polar surface area (TPSA) is 37.8 Å². The molecule has 0 unspecified atom stereocenters. The van der Waals surface area contributed by atoms with Gasteiger partial charge < -0.3 is 5.32 Å². The molecule has 0 saturated carbocycles. The highest BCUT2D eigenvalue weighted by Crippen LogP contribution is 2.20. The van der Waals surface area contributed by atoms with Crippen LogP contribution in [0.2, 0.25) is 0 Å². The summed E-state index contributed by atoms with van der Waals surface area (Å²) in [7, 11) is 0. The van der Waals surface area contributed by atoms with Crippen molar-refractivity contribution < 1.29 is 13.2 Å². The molecule has 3 nitrogen and oxygen atoms in total. The second-order valence-electron chi connectivity index (χ2n) is 4.58. The molecule has 108 valence electrons. The van der Waals surface area contributed by atoms with Crippen LogP contribution in [0.15, 0.2) is 0 Å². The summed E-state index contributed by atoms with van der Waals surface area (Å²) in [5, 5.41) is 3.26. The van der Waals surface area contributed by atoms with Gasteiger partial charge in [-0.05, 0) is 45.3 Å². The number of halogens is 3. The third-order valence-corrected chi connectivity index (χ3v) is 2.80. The first-order valence-corrected chi connectivity index (χ1v) is 6.44. The van der Waals surface area contributed by atoms with Gasteiger partial charge >= 0.3 is 6.18 Å². The minimum absolute atomic E-state index is 0.146. The van der Waals surface area contributed by atoms with Gasteiger partial charge in [0.2, 0.25) is 0 Å². The van der Waals surface area contributed by atoms with Crippen LogP contribution in [0, 0.1) is 13.8 Å². The van der Waals surface area contributed by atoms with Crippen molar-refractivity contribution in [2.75, 3.05) is 13.1 Å². The maximum atomic E-state index is 12.3. The molecule has 0 aromatic carbocycles. The molecule has 0 bridgehead atoms. The zero-order valence-electron chi connectivity index (χ0n) is 11.6. The first kappa shape index (κ1) is 15.9. The van der Waals surface area contributed by atoms with Gasteiger partial charge in [-0.15, -0.1) is 0 Å². The van der Waals surface area contributed by atoms with Gasteiger partial charge in [-0.3, -0.25) is 0 Å². The zero-order chi connectivity index (χ0) is 14.5. The standard InChI is InChI=1S/C13H20F3N3/c1-4-6-17-7-5-11-9(2)18-12(19-10(11)3)8-13(14,15)16/h17H,4-8H2,1-3H3. The average molecular weight is 275 g/mol. The SMILES string of the molecule is CCCNCCc1c(C)nc(CC(F)(F)F)nc1C. The number of aromatic nitrogens is 2. The molecule has 1 rings (SSSR count). The number of nitrogens with zero attached hydrogens (tertiary/aromatic N) is 2. The van der Waals surface area contributed by atoms with Crippen LogP contribution in [0.5, 0.6) is 0 Å². The van der Waals surface area contributed by atoms with Crippen molar-refractivity contribution in [1.29, 1.82) is 0 Å². The minimum Gasteiger partial charge on any atom is -0.316 e. The smallest absolute Gasteiger partial charge is 0.316 e. The van der Waals surface area contributed by atoms with E-state index in [9.17, 15) is 13.2 Å². The van der Waals surface area contributed by atoms with E-state index in [0.717, 1.165) is 31.5 Å². The Morgan fingerprint density at radius 1 is 1.05 bits per heavy atom. The Balaban J connectivity index is 2.74. The van der Waals surface area contributed by atoms with E-state index in [1.807, 2.05) is 0 Å². The van der Waals surface area contributed by atoms with Crippen molar-refractivity contribution in [2.24, 2.45) is 0 Å². The Hall–Kier alpha value is -1.17. The highest BCUT2D eigenvalue weighted by molar-refractivity contribution is 5.24. The molecule has 1 N–H and O–H groups in total. The van der Waals surface area contributed by atoms with E-state index in [0.29, 0.717) is 11.4 Å². The molecule has 0 radical (unpaired) electrons. The predicted octanol–water partition coefficient (Wildman–Crippen LogP) is 2.74. The van der Waals surface area contributed by atoms with E-state index in [1.165, 1.54) is 0 Å². The van der Waals surface area contributed by atoms with Crippen molar-refractivity contribution in [2.45, 2.75) is 46.2 Å². The highest BCUT2D eigenvalue weighted by atomic mass is 19.4. The highest BCUT2D eigenvalue weighted by Gasteiger charge is 2.29. The monoisotopic (exact) mass is 275 g/mol. The van der Waals surface area contributed by atoms with Crippen molar-refractivity contribution >= 4 is 0 Å². The van der Waals surface area contributed by atoms with Crippen molar-refractivity contribution in [1.82, 2.24) is 15.3 Å². The van der Waals surface area contributed by atoms with Gasteiger partial charge in [-0.2, -0.15) is 13.2 Å². The summed E-state index contributed by atoms with van der Waals surface area (Å²) in [6.45, 7) is 7.29. The number of hydrogen-bond donors (Lipinski definition) is 1. The third-order valence-electron chi connectivity index (χ3n) is 2.80. The van der Waals surface area contributed by atoms with Gasteiger partial charge in [0.25, 0.3) is 0 Å². The first-order valence-electron chi connectivity index (χ1n) is 6.44. The molecule has 0 spiro atoms. The van der Waals surface area contributed by atoms with E-state index < -0.39 is 12.6 Å². The molecular formula is C13H20F3N3. The molecule has 1 aromatic heterocycles. The Labute approximate surface area is 111 Å². The molecule has 0 fully saturated rings. The average Bonchev–Trinajstić information content (AvgIpc) is 2.24. The van der Waals surface area contributed by atoms with Crippen molar-refractivity contribution in [3.8, 4) is 0 Å². The van der Waals surface area contributed by atoms with Gasteiger partial charge in [0.05, 0.1) is 0 Å². The van der Waals surface area contributed by atoms with Gasteiger partial charge in [0, 0.05) is 11.4 Å². The number of rotatable bonds is 6. The summed E-state index contributed by atoms with van der Waals surface area (Å²) in [5.74, 6) is -0.146. The fraction of sp³-hybridized carbons (Fsp3) is 0.692. The lowest BCUT2D eigenvalue weighted by molar-refractivity contribution is -0.128. The van der Waals surface area contributed by atoms with Gasteiger partial charge in [-0.1, -0.05) is 6.92 Å². The maximum absolute atomic E-state index is 12.3. The Bertz CT molecular complexity index is 393. The molecule has 1 aromatic rings. The zero-order valence-corrected chi connectivity index (χ0v) is 11.6. The van der Waals surface area contributed by atoms with E-state index in [-0.39, 0.29) is 5.82 Å². The minimum atomic E-state index is -4.26. The number of nitrogens with one attached hydrogen (secondary N) is 1. The molecular weight excluding hydrogens is 255 g/mol. The Morgan fingerprint density at radius 3 is 2.11 bits per heavy atom. The van der Waals surface area contributed by atoms with Crippen LogP contribution < -0.4 is 5.32 Å². The van der Waals surface area contributed by atoms with Crippen LogP contribution in [0.25, 0.3) is 0 Å². The second kappa shape index (κ2) is 6.84. The fourth-order valence-corrected chi connectivity index (χ4v) is 1.94. The number of aryl methyl sites for hydroxylation is 2. The summed E-state index contributed by atoms with van der Waals surface area (Å²) in [6.07, 6.45) is -3.53.